The van der Waals surface area contributed by atoms with Gasteiger partial charge in [0, 0.05) is 23.5 Å². The molecule has 0 saturated carbocycles. The van der Waals surface area contributed by atoms with Crippen LogP contribution in [0.25, 0.3) is 0 Å². The van der Waals surface area contributed by atoms with Crippen LogP contribution in [0.15, 0.2) is 78.9 Å². The van der Waals surface area contributed by atoms with Crippen LogP contribution >= 0.6 is 0 Å². The van der Waals surface area contributed by atoms with E-state index in [0.29, 0.717) is 17.1 Å². The van der Waals surface area contributed by atoms with Crippen molar-refractivity contribution in [1.82, 2.24) is 0 Å². The molecule has 0 fully saturated rings. The van der Waals surface area contributed by atoms with Crippen molar-refractivity contribution in [2.45, 2.75) is 0 Å². The zero-order valence-electron chi connectivity index (χ0n) is 16.3. The zero-order chi connectivity index (χ0) is 22.1. The molecule has 0 aliphatic carbocycles. The number of anilines is 2. The number of nitrogens with one attached hydrogen (secondary N) is 2. The molecule has 31 heavy (non-hydrogen) atoms. The number of rotatable bonds is 9. The molecule has 0 radical (unpaired) electrons. The molecule has 158 valence electrons. The van der Waals surface area contributed by atoms with Gasteiger partial charge in [0.15, 0.2) is 13.2 Å². The summed E-state index contributed by atoms with van der Waals surface area (Å²) in [6.07, 6.45) is 0. The fourth-order valence-electron chi connectivity index (χ4n) is 2.56. The number of nitrogens with zero attached hydrogens (tertiary/aromatic N) is 1. The van der Waals surface area contributed by atoms with Crippen LogP contribution in [-0.4, -0.2) is 30.0 Å². The van der Waals surface area contributed by atoms with Crippen LogP contribution in [0.5, 0.6) is 11.5 Å². The van der Waals surface area contributed by atoms with E-state index in [9.17, 15) is 19.7 Å². The van der Waals surface area contributed by atoms with Crippen molar-refractivity contribution >= 4 is 28.9 Å². The summed E-state index contributed by atoms with van der Waals surface area (Å²) < 4.78 is 10.8. The molecule has 0 unspecified atom stereocenters. The highest BCUT2D eigenvalue weighted by Gasteiger charge is 2.09. The zero-order valence-corrected chi connectivity index (χ0v) is 16.3. The monoisotopic (exact) mass is 421 g/mol. The number of carbonyl (C=O) groups is 2. The number of non-ortho nitro benzene ring substituents is 1. The van der Waals surface area contributed by atoms with E-state index in [1.807, 2.05) is 18.2 Å². The molecular formula is C22H19N3O6. The summed E-state index contributed by atoms with van der Waals surface area (Å²) in [5.41, 5.74) is 0.994. The Morgan fingerprint density at radius 1 is 0.742 bits per heavy atom. The van der Waals surface area contributed by atoms with Crippen LogP contribution in [0.2, 0.25) is 0 Å². The lowest BCUT2D eigenvalue weighted by atomic mass is 10.3. The van der Waals surface area contributed by atoms with E-state index in [2.05, 4.69) is 10.6 Å². The molecule has 2 N–H and O–H groups in total. The first-order valence-electron chi connectivity index (χ1n) is 9.24. The molecule has 2 amide bonds. The lowest BCUT2D eigenvalue weighted by Gasteiger charge is -2.10. The van der Waals surface area contributed by atoms with E-state index in [1.54, 1.807) is 36.4 Å². The fraction of sp³-hybridized carbons (Fsp3) is 0.0909. The lowest BCUT2D eigenvalue weighted by molar-refractivity contribution is -0.384. The number of ether oxygens (including phenoxy) is 2. The Kier molecular flexibility index (Phi) is 7.15. The summed E-state index contributed by atoms with van der Waals surface area (Å²) in [5, 5.41) is 16.1. The van der Waals surface area contributed by atoms with Crippen LogP contribution < -0.4 is 20.1 Å². The van der Waals surface area contributed by atoms with E-state index in [1.165, 1.54) is 24.3 Å². The Morgan fingerprint density at radius 2 is 1.29 bits per heavy atom. The Balaban J connectivity index is 1.48. The van der Waals surface area contributed by atoms with Gasteiger partial charge >= 0.3 is 0 Å². The average Bonchev–Trinajstić information content (AvgIpc) is 2.77. The van der Waals surface area contributed by atoms with Gasteiger partial charge in [-0.15, -0.1) is 0 Å². The number of para-hydroxylation sites is 1. The predicted molar refractivity (Wildman–Crippen MR) is 114 cm³/mol. The van der Waals surface area contributed by atoms with Gasteiger partial charge in [0.1, 0.15) is 11.5 Å². The number of nitro groups is 1. The second kappa shape index (κ2) is 10.4. The normalized spacial score (nSPS) is 10.1. The van der Waals surface area contributed by atoms with Crippen molar-refractivity contribution < 1.29 is 24.0 Å². The first-order valence-corrected chi connectivity index (χ1v) is 9.24. The SMILES string of the molecule is O=C(COc1cccc(NC(=O)COc2cccc([N+](=O)[O-])c2)c1)Nc1ccccc1. The first-order chi connectivity index (χ1) is 15.0. The quantitative estimate of drug-likeness (QED) is 0.402. The van der Waals surface area contributed by atoms with Gasteiger partial charge in [0.25, 0.3) is 17.5 Å². The first kappa shape index (κ1) is 21.3. The minimum atomic E-state index is -0.543. The Morgan fingerprint density at radius 3 is 1.94 bits per heavy atom. The van der Waals surface area contributed by atoms with Crippen molar-refractivity contribution in [3.63, 3.8) is 0 Å². The van der Waals surface area contributed by atoms with E-state index in [4.69, 9.17) is 9.47 Å². The number of hydrogen-bond acceptors (Lipinski definition) is 6. The third-order valence-electron chi connectivity index (χ3n) is 3.94. The Bertz CT molecular complexity index is 1070. The van der Waals surface area contributed by atoms with Gasteiger partial charge in [-0.2, -0.15) is 0 Å². The van der Waals surface area contributed by atoms with Crippen LogP contribution in [0.4, 0.5) is 17.1 Å². The van der Waals surface area contributed by atoms with Crippen LogP contribution in [-0.2, 0) is 9.59 Å². The Labute approximate surface area is 177 Å². The molecule has 0 spiro atoms. The molecular weight excluding hydrogens is 402 g/mol. The standard InChI is InChI=1S/C22H19N3O6/c26-21(23-16-6-2-1-3-7-16)14-30-19-10-4-8-17(12-19)24-22(27)15-31-20-11-5-9-18(13-20)25(28)29/h1-13H,14-15H2,(H,23,26)(H,24,27). The molecule has 9 heteroatoms. The third kappa shape index (κ3) is 6.86. The summed E-state index contributed by atoms with van der Waals surface area (Å²) in [6, 6.07) is 21.1. The maximum absolute atomic E-state index is 12.1. The minimum Gasteiger partial charge on any atom is -0.484 e. The van der Waals surface area contributed by atoms with E-state index in [-0.39, 0.29) is 30.6 Å². The van der Waals surface area contributed by atoms with Gasteiger partial charge in [-0.3, -0.25) is 19.7 Å². The molecule has 9 nitrogen and oxygen atoms in total. The third-order valence-corrected chi connectivity index (χ3v) is 3.94. The van der Waals surface area contributed by atoms with Gasteiger partial charge in [-0.05, 0) is 30.3 Å². The lowest BCUT2D eigenvalue weighted by Crippen LogP contribution is -2.21. The van der Waals surface area contributed by atoms with Gasteiger partial charge in [0.2, 0.25) is 0 Å². The van der Waals surface area contributed by atoms with E-state index >= 15 is 0 Å². The van der Waals surface area contributed by atoms with Crippen molar-refractivity contribution in [2.24, 2.45) is 0 Å². The number of amides is 2. The van der Waals surface area contributed by atoms with Crippen molar-refractivity contribution in [1.29, 1.82) is 0 Å². The van der Waals surface area contributed by atoms with Gasteiger partial charge < -0.3 is 20.1 Å². The molecule has 3 aromatic carbocycles. The summed E-state index contributed by atoms with van der Waals surface area (Å²) in [5.74, 6) is -0.150. The summed E-state index contributed by atoms with van der Waals surface area (Å²) >= 11 is 0. The molecule has 0 aliphatic heterocycles. The van der Waals surface area contributed by atoms with E-state index in [0.717, 1.165) is 0 Å². The number of carbonyl (C=O) groups excluding carboxylic acids is 2. The number of hydrogen-bond donors (Lipinski definition) is 2. The highest BCUT2D eigenvalue weighted by Crippen LogP contribution is 2.20. The predicted octanol–water partition coefficient (Wildman–Crippen LogP) is 3.63. The van der Waals surface area contributed by atoms with Crippen LogP contribution in [0.1, 0.15) is 0 Å². The number of benzene rings is 3. The molecule has 0 heterocycles. The van der Waals surface area contributed by atoms with Gasteiger partial charge in [-0.25, -0.2) is 0 Å². The number of nitro benzene ring substituents is 1. The maximum atomic E-state index is 12.1. The van der Waals surface area contributed by atoms with Crippen LogP contribution in [0.3, 0.4) is 0 Å². The summed E-state index contributed by atoms with van der Waals surface area (Å²) in [4.78, 5) is 34.3. The molecule has 0 bridgehead atoms. The smallest absolute Gasteiger partial charge is 0.273 e. The largest absolute Gasteiger partial charge is 0.484 e. The topological polar surface area (TPSA) is 120 Å². The van der Waals surface area contributed by atoms with Gasteiger partial charge in [-0.1, -0.05) is 30.3 Å². The maximum Gasteiger partial charge on any atom is 0.273 e. The summed E-state index contributed by atoms with van der Waals surface area (Å²) in [7, 11) is 0. The van der Waals surface area contributed by atoms with Crippen LogP contribution in [0, 0.1) is 10.1 Å². The minimum absolute atomic E-state index is 0.126. The highest BCUT2D eigenvalue weighted by atomic mass is 16.6. The molecule has 0 aliphatic rings. The average molecular weight is 421 g/mol. The molecule has 3 aromatic rings. The van der Waals surface area contributed by atoms with Gasteiger partial charge in [0.05, 0.1) is 11.0 Å². The second-order valence-corrected chi connectivity index (χ2v) is 6.32. The summed E-state index contributed by atoms with van der Waals surface area (Å²) in [6.45, 7) is -0.520. The molecule has 0 atom stereocenters. The highest BCUT2D eigenvalue weighted by molar-refractivity contribution is 5.92. The molecule has 0 saturated heterocycles. The van der Waals surface area contributed by atoms with Crippen molar-refractivity contribution in [3.8, 4) is 11.5 Å². The second-order valence-electron chi connectivity index (χ2n) is 6.32. The Hall–Kier alpha value is -4.40. The van der Waals surface area contributed by atoms with E-state index < -0.39 is 10.8 Å². The molecule has 3 rings (SSSR count). The van der Waals surface area contributed by atoms with Crippen molar-refractivity contribution in [3.05, 3.63) is 89.0 Å². The fourth-order valence-corrected chi connectivity index (χ4v) is 2.56. The van der Waals surface area contributed by atoms with Crippen molar-refractivity contribution in [2.75, 3.05) is 23.8 Å². The molecule has 0 aromatic heterocycles.